The average Bonchev–Trinajstić information content (AvgIpc) is 3.32. The molecule has 0 spiro atoms. The minimum absolute atomic E-state index is 0.0554. The van der Waals surface area contributed by atoms with Gasteiger partial charge >= 0.3 is 0 Å². The number of hydrogen-bond donors (Lipinski definition) is 1. The summed E-state index contributed by atoms with van der Waals surface area (Å²) in [5.74, 6) is 1.73. The Bertz CT molecular complexity index is 495. The van der Waals surface area contributed by atoms with E-state index in [1.165, 1.54) is 12.8 Å². The number of hydrogen-bond acceptors (Lipinski definition) is 4. The number of nitrogens with zero attached hydrogens (tertiary/aromatic N) is 3. The maximum atomic E-state index is 12.3. The van der Waals surface area contributed by atoms with E-state index in [-0.39, 0.29) is 18.5 Å². The molecule has 1 N–H and O–H groups in total. The zero-order valence-corrected chi connectivity index (χ0v) is 15.3. The first-order valence-electron chi connectivity index (χ1n) is 8.47. The van der Waals surface area contributed by atoms with E-state index in [2.05, 4.69) is 15.2 Å². The third-order valence-corrected chi connectivity index (χ3v) is 6.02. The largest absolute Gasteiger partial charge is 0.378 e. The van der Waals surface area contributed by atoms with Crippen LogP contribution in [0.3, 0.4) is 0 Å². The van der Waals surface area contributed by atoms with E-state index in [0.29, 0.717) is 26.2 Å². The molecule has 8 heteroatoms. The molecule has 0 aromatic carbocycles. The first-order chi connectivity index (χ1) is 10.9. The molecule has 1 aliphatic carbocycles. The first-order valence-corrected chi connectivity index (χ1v) is 10.1. The molecule has 0 unspecified atom stereocenters. The monoisotopic (exact) mass is 346 g/mol. The van der Waals surface area contributed by atoms with E-state index in [4.69, 9.17) is 4.74 Å². The zero-order chi connectivity index (χ0) is 16.9. The van der Waals surface area contributed by atoms with Crippen LogP contribution >= 0.6 is 0 Å². The molecule has 0 radical (unpaired) electrons. The molecule has 0 atom stereocenters. The Morgan fingerprint density at radius 1 is 1.26 bits per heavy atom. The van der Waals surface area contributed by atoms with Gasteiger partial charge in [-0.1, -0.05) is 0 Å². The number of aliphatic imine (C=N–C) groups is 1. The molecule has 0 bridgehead atoms. The highest BCUT2D eigenvalue weighted by molar-refractivity contribution is 7.89. The number of piperazine rings is 1. The molecule has 1 saturated carbocycles. The highest BCUT2D eigenvalue weighted by Crippen LogP contribution is 2.27. The van der Waals surface area contributed by atoms with Crippen molar-refractivity contribution in [2.75, 3.05) is 52.1 Å². The lowest BCUT2D eigenvalue weighted by Gasteiger charge is -2.35. The fourth-order valence-electron chi connectivity index (χ4n) is 2.59. The molecule has 0 amide bonds. The SMILES string of the molecule is CN=C(NCC1CC1)N1CCN(S(=O)(=O)CCOC(C)C)CC1. The summed E-state index contributed by atoms with van der Waals surface area (Å²) in [6.07, 6.45) is 2.66. The Hall–Kier alpha value is -0.860. The number of guanidine groups is 1. The standard InChI is InChI=1S/C15H30N4O3S/c1-13(2)22-10-11-23(20,21)19-8-6-18(7-9-19)15(16-3)17-12-14-4-5-14/h13-14H,4-12H2,1-3H3,(H,16,17). The van der Waals surface area contributed by atoms with Crippen molar-refractivity contribution in [3.63, 3.8) is 0 Å². The van der Waals surface area contributed by atoms with Crippen molar-refractivity contribution < 1.29 is 13.2 Å². The van der Waals surface area contributed by atoms with Crippen LogP contribution in [0.25, 0.3) is 0 Å². The van der Waals surface area contributed by atoms with E-state index in [0.717, 1.165) is 18.4 Å². The van der Waals surface area contributed by atoms with Crippen molar-refractivity contribution in [3.05, 3.63) is 0 Å². The molecule has 134 valence electrons. The smallest absolute Gasteiger partial charge is 0.216 e. The van der Waals surface area contributed by atoms with Gasteiger partial charge in [-0.2, -0.15) is 4.31 Å². The topological polar surface area (TPSA) is 74.2 Å². The third-order valence-electron chi connectivity index (χ3n) is 4.18. The summed E-state index contributed by atoms with van der Waals surface area (Å²) >= 11 is 0. The molecule has 7 nitrogen and oxygen atoms in total. The van der Waals surface area contributed by atoms with Crippen molar-refractivity contribution in [2.24, 2.45) is 10.9 Å². The molecule has 1 saturated heterocycles. The quantitative estimate of drug-likeness (QED) is 0.532. The van der Waals surface area contributed by atoms with Gasteiger partial charge < -0.3 is 15.0 Å². The molecular formula is C15H30N4O3S. The van der Waals surface area contributed by atoms with Gasteiger partial charge in [0.15, 0.2) is 5.96 Å². The molecule has 1 heterocycles. The fourth-order valence-corrected chi connectivity index (χ4v) is 3.87. The van der Waals surface area contributed by atoms with E-state index in [1.54, 1.807) is 11.4 Å². The second kappa shape index (κ2) is 8.30. The van der Waals surface area contributed by atoms with Crippen LogP contribution in [0.1, 0.15) is 26.7 Å². The summed E-state index contributed by atoms with van der Waals surface area (Å²) in [6.45, 7) is 7.41. The molecule has 0 aromatic heterocycles. The Morgan fingerprint density at radius 3 is 2.43 bits per heavy atom. The maximum absolute atomic E-state index is 12.3. The van der Waals surface area contributed by atoms with Gasteiger partial charge in [0.2, 0.25) is 10.0 Å². The number of sulfonamides is 1. The Morgan fingerprint density at radius 2 is 1.91 bits per heavy atom. The van der Waals surface area contributed by atoms with Crippen molar-refractivity contribution in [1.82, 2.24) is 14.5 Å². The van der Waals surface area contributed by atoms with Crippen LogP contribution in [0.15, 0.2) is 4.99 Å². The highest BCUT2D eigenvalue weighted by Gasteiger charge is 2.28. The van der Waals surface area contributed by atoms with E-state index in [9.17, 15) is 8.42 Å². The van der Waals surface area contributed by atoms with Crippen LogP contribution < -0.4 is 5.32 Å². The summed E-state index contributed by atoms with van der Waals surface area (Å²) in [5.41, 5.74) is 0. The summed E-state index contributed by atoms with van der Waals surface area (Å²) < 4.78 is 31.6. The normalized spacial score (nSPS) is 21.0. The van der Waals surface area contributed by atoms with Gasteiger partial charge in [-0.3, -0.25) is 4.99 Å². The van der Waals surface area contributed by atoms with Crippen LogP contribution in [-0.4, -0.2) is 81.8 Å². The highest BCUT2D eigenvalue weighted by atomic mass is 32.2. The van der Waals surface area contributed by atoms with Gasteiger partial charge in [-0.15, -0.1) is 0 Å². The summed E-state index contributed by atoms with van der Waals surface area (Å²) in [5, 5.41) is 3.39. The van der Waals surface area contributed by atoms with E-state index in [1.807, 2.05) is 13.8 Å². The lowest BCUT2D eigenvalue weighted by atomic mass is 10.3. The summed E-state index contributed by atoms with van der Waals surface area (Å²) in [4.78, 5) is 6.45. The fraction of sp³-hybridized carbons (Fsp3) is 0.933. The van der Waals surface area contributed by atoms with Crippen molar-refractivity contribution in [3.8, 4) is 0 Å². The lowest BCUT2D eigenvalue weighted by molar-refractivity contribution is 0.0904. The second-order valence-electron chi connectivity index (χ2n) is 6.49. The Labute approximate surface area is 140 Å². The van der Waals surface area contributed by atoms with Crippen LogP contribution in [-0.2, 0) is 14.8 Å². The molecule has 23 heavy (non-hydrogen) atoms. The van der Waals surface area contributed by atoms with E-state index < -0.39 is 10.0 Å². The van der Waals surface area contributed by atoms with Crippen LogP contribution in [0.4, 0.5) is 0 Å². The van der Waals surface area contributed by atoms with E-state index >= 15 is 0 Å². The number of ether oxygens (including phenoxy) is 1. The van der Waals surface area contributed by atoms with Gasteiger partial charge in [-0.05, 0) is 32.6 Å². The summed E-state index contributed by atoms with van der Waals surface area (Å²) in [7, 11) is -1.45. The Kier molecular flexibility index (Phi) is 6.67. The van der Waals surface area contributed by atoms with Crippen molar-refractivity contribution in [1.29, 1.82) is 0 Å². The number of nitrogens with one attached hydrogen (secondary N) is 1. The van der Waals surface area contributed by atoms with Crippen molar-refractivity contribution in [2.45, 2.75) is 32.8 Å². The van der Waals surface area contributed by atoms with Gasteiger partial charge in [0, 0.05) is 39.8 Å². The molecule has 2 fully saturated rings. The summed E-state index contributed by atoms with van der Waals surface area (Å²) in [6, 6.07) is 0. The van der Waals surface area contributed by atoms with Crippen LogP contribution in [0.5, 0.6) is 0 Å². The molecule has 0 aromatic rings. The van der Waals surface area contributed by atoms with Gasteiger partial charge in [-0.25, -0.2) is 8.42 Å². The predicted molar refractivity (Wildman–Crippen MR) is 92.1 cm³/mol. The van der Waals surface area contributed by atoms with Gasteiger partial charge in [0.25, 0.3) is 0 Å². The van der Waals surface area contributed by atoms with Gasteiger partial charge in [0.05, 0.1) is 18.5 Å². The second-order valence-corrected chi connectivity index (χ2v) is 8.58. The Balaban J connectivity index is 1.77. The zero-order valence-electron chi connectivity index (χ0n) is 14.5. The van der Waals surface area contributed by atoms with Crippen LogP contribution in [0, 0.1) is 5.92 Å². The molecule has 2 rings (SSSR count). The third kappa shape index (κ3) is 5.93. The minimum atomic E-state index is -3.23. The van der Waals surface area contributed by atoms with Crippen LogP contribution in [0.2, 0.25) is 0 Å². The molecule has 1 aliphatic heterocycles. The molecular weight excluding hydrogens is 316 g/mol. The molecule has 2 aliphatic rings. The van der Waals surface area contributed by atoms with Crippen molar-refractivity contribution >= 4 is 16.0 Å². The first kappa shape index (κ1) is 18.5. The number of rotatable bonds is 7. The van der Waals surface area contributed by atoms with Gasteiger partial charge in [0.1, 0.15) is 0 Å². The maximum Gasteiger partial charge on any atom is 0.216 e. The predicted octanol–water partition coefficient (Wildman–Crippen LogP) is 0.344. The minimum Gasteiger partial charge on any atom is -0.378 e. The average molecular weight is 346 g/mol. The lowest BCUT2D eigenvalue weighted by Crippen LogP contribution is -2.54.